The maximum absolute atomic E-state index is 5.71. The lowest BCUT2D eigenvalue weighted by Gasteiger charge is -2.20. The second kappa shape index (κ2) is 4.36. The summed E-state index contributed by atoms with van der Waals surface area (Å²) in [7, 11) is 0. The van der Waals surface area contributed by atoms with Gasteiger partial charge in [-0.1, -0.05) is 19.3 Å². The Kier molecular flexibility index (Phi) is 3.13. The summed E-state index contributed by atoms with van der Waals surface area (Å²) in [5.41, 5.74) is 0.311. The summed E-state index contributed by atoms with van der Waals surface area (Å²) in [4.78, 5) is 0. The lowest BCUT2D eigenvalue weighted by Crippen LogP contribution is -2.22. The van der Waals surface area contributed by atoms with Crippen LogP contribution in [0.15, 0.2) is 0 Å². The van der Waals surface area contributed by atoms with Crippen LogP contribution in [0.3, 0.4) is 0 Å². The third kappa shape index (κ3) is 2.12. The van der Waals surface area contributed by atoms with Crippen LogP contribution in [0.5, 0.6) is 0 Å². The monoisotopic (exact) mass is 192 g/mol. The summed E-state index contributed by atoms with van der Waals surface area (Å²) in [6, 6.07) is 0. The Hall–Kier alpha value is -0.480. The maximum atomic E-state index is 5.71. The average molecular weight is 192 g/mol. The Morgan fingerprint density at radius 2 is 2.21 bits per heavy atom. The summed E-state index contributed by atoms with van der Waals surface area (Å²) in [6.45, 7) is 2.95. The highest BCUT2D eigenvalue weighted by Gasteiger charge is 2.50. The molecule has 0 aromatic heterocycles. The predicted octanol–water partition coefficient (Wildman–Crippen LogP) is 3.14. The molecule has 1 aliphatic heterocycles. The van der Waals surface area contributed by atoms with Crippen molar-refractivity contribution in [3.05, 3.63) is 0 Å². The summed E-state index contributed by atoms with van der Waals surface area (Å²) in [5, 5.41) is 0. The van der Waals surface area contributed by atoms with E-state index in [0.717, 1.165) is 18.9 Å². The van der Waals surface area contributed by atoms with E-state index >= 15 is 0 Å². The molecule has 14 heavy (non-hydrogen) atoms. The van der Waals surface area contributed by atoms with E-state index < -0.39 is 0 Å². The molecule has 1 heterocycles. The Labute approximate surface area is 87.2 Å². The van der Waals surface area contributed by atoms with Crippen LogP contribution in [-0.4, -0.2) is 12.2 Å². The second-order valence-electron chi connectivity index (χ2n) is 4.62. The van der Waals surface area contributed by atoms with Gasteiger partial charge in [-0.25, -0.2) is 0 Å². The number of hydrogen-bond acceptors (Lipinski definition) is 1. The molecule has 1 saturated heterocycles. The van der Waals surface area contributed by atoms with Crippen molar-refractivity contribution in [2.24, 2.45) is 5.92 Å². The first-order valence-electron chi connectivity index (χ1n) is 5.91. The van der Waals surface area contributed by atoms with Gasteiger partial charge in [-0.15, -0.1) is 11.8 Å². The molecule has 2 fully saturated rings. The van der Waals surface area contributed by atoms with Gasteiger partial charge in [0.25, 0.3) is 0 Å². The van der Waals surface area contributed by atoms with Crippen LogP contribution in [0.25, 0.3) is 0 Å². The maximum Gasteiger partial charge on any atom is 0.0944 e. The van der Waals surface area contributed by atoms with Gasteiger partial charge in [0, 0.05) is 6.42 Å². The number of rotatable bonds is 2. The molecule has 1 heteroatoms. The van der Waals surface area contributed by atoms with Crippen LogP contribution in [0.2, 0.25) is 0 Å². The molecule has 0 aromatic rings. The van der Waals surface area contributed by atoms with Gasteiger partial charge in [0.1, 0.15) is 0 Å². The summed E-state index contributed by atoms with van der Waals surface area (Å²) < 4.78 is 5.71. The van der Waals surface area contributed by atoms with E-state index in [4.69, 9.17) is 4.74 Å². The van der Waals surface area contributed by atoms with E-state index in [9.17, 15) is 0 Å². The molecular formula is C13H20O. The van der Waals surface area contributed by atoms with Crippen LogP contribution in [0.1, 0.15) is 51.9 Å². The minimum atomic E-state index is 0.311. The summed E-state index contributed by atoms with van der Waals surface area (Å²) >= 11 is 0. The van der Waals surface area contributed by atoms with Gasteiger partial charge < -0.3 is 4.74 Å². The standard InChI is InChI=1S/C13H20O/c1-2-3-5-8-12-9-6-4-7-10-13(12)11-14-13/h12H,4-11H2,1H3. The number of ether oxygens (including phenoxy) is 1. The first-order chi connectivity index (χ1) is 6.87. The zero-order valence-corrected chi connectivity index (χ0v) is 9.14. The third-order valence-electron chi connectivity index (χ3n) is 3.71. The van der Waals surface area contributed by atoms with Crippen LogP contribution >= 0.6 is 0 Å². The third-order valence-corrected chi connectivity index (χ3v) is 3.71. The van der Waals surface area contributed by atoms with E-state index in [1.165, 1.54) is 38.5 Å². The minimum Gasteiger partial charge on any atom is -0.369 e. The molecule has 2 rings (SSSR count). The Balaban J connectivity index is 1.88. The molecule has 0 amide bonds. The summed E-state index contributed by atoms with van der Waals surface area (Å²) in [6.07, 6.45) is 9.15. The van der Waals surface area contributed by atoms with E-state index in [2.05, 4.69) is 11.8 Å². The molecule has 0 aromatic carbocycles. The quantitative estimate of drug-likeness (QED) is 0.483. The zero-order chi connectivity index (χ0) is 9.86. The molecule has 1 saturated carbocycles. The fourth-order valence-corrected chi connectivity index (χ4v) is 2.71. The van der Waals surface area contributed by atoms with Crippen molar-refractivity contribution < 1.29 is 4.74 Å². The molecular weight excluding hydrogens is 172 g/mol. The van der Waals surface area contributed by atoms with Crippen molar-refractivity contribution in [3.8, 4) is 11.8 Å². The SMILES string of the molecule is CC#CCCC1CCCCCC12CO2. The fraction of sp³-hybridized carbons (Fsp3) is 0.846. The Morgan fingerprint density at radius 1 is 1.36 bits per heavy atom. The largest absolute Gasteiger partial charge is 0.369 e. The first kappa shape index (κ1) is 10.1. The van der Waals surface area contributed by atoms with Gasteiger partial charge in [0.05, 0.1) is 12.2 Å². The molecule has 1 spiro atoms. The van der Waals surface area contributed by atoms with Crippen LogP contribution in [0, 0.1) is 17.8 Å². The molecule has 2 atom stereocenters. The van der Waals surface area contributed by atoms with Crippen LogP contribution < -0.4 is 0 Å². The van der Waals surface area contributed by atoms with E-state index in [1.807, 2.05) is 6.92 Å². The average Bonchev–Trinajstić information content (AvgIpc) is 2.98. The summed E-state index contributed by atoms with van der Waals surface area (Å²) in [5.74, 6) is 6.95. The van der Waals surface area contributed by atoms with Gasteiger partial charge in [-0.05, 0) is 32.1 Å². The Bertz CT molecular complexity index is 242. The van der Waals surface area contributed by atoms with Crippen molar-refractivity contribution in [1.82, 2.24) is 0 Å². The van der Waals surface area contributed by atoms with Gasteiger partial charge in [0.15, 0.2) is 0 Å². The van der Waals surface area contributed by atoms with Gasteiger partial charge in [0.2, 0.25) is 0 Å². The topological polar surface area (TPSA) is 12.5 Å². The highest BCUT2D eigenvalue weighted by atomic mass is 16.6. The van der Waals surface area contributed by atoms with Crippen LogP contribution in [-0.2, 0) is 4.74 Å². The number of hydrogen-bond donors (Lipinski definition) is 0. The van der Waals surface area contributed by atoms with Gasteiger partial charge >= 0.3 is 0 Å². The van der Waals surface area contributed by atoms with E-state index in [-0.39, 0.29) is 0 Å². The number of epoxide rings is 1. The molecule has 78 valence electrons. The lowest BCUT2D eigenvalue weighted by atomic mass is 9.85. The molecule has 0 radical (unpaired) electrons. The van der Waals surface area contributed by atoms with Crippen molar-refractivity contribution in [3.63, 3.8) is 0 Å². The van der Waals surface area contributed by atoms with Crippen molar-refractivity contribution in [2.45, 2.75) is 57.5 Å². The predicted molar refractivity (Wildman–Crippen MR) is 57.9 cm³/mol. The molecule has 2 aliphatic rings. The van der Waals surface area contributed by atoms with Gasteiger partial charge in [-0.3, -0.25) is 0 Å². The molecule has 1 aliphatic carbocycles. The normalized spacial score (nSPS) is 35.9. The minimum absolute atomic E-state index is 0.311. The van der Waals surface area contributed by atoms with Crippen molar-refractivity contribution in [2.75, 3.05) is 6.61 Å². The van der Waals surface area contributed by atoms with Crippen molar-refractivity contribution in [1.29, 1.82) is 0 Å². The van der Waals surface area contributed by atoms with E-state index in [0.29, 0.717) is 5.60 Å². The fourth-order valence-electron chi connectivity index (χ4n) is 2.71. The molecule has 1 nitrogen and oxygen atoms in total. The first-order valence-corrected chi connectivity index (χ1v) is 5.91. The highest BCUT2D eigenvalue weighted by molar-refractivity contribution is 5.02. The molecule has 0 N–H and O–H groups in total. The van der Waals surface area contributed by atoms with Crippen LogP contribution in [0.4, 0.5) is 0 Å². The zero-order valence-electron chi connectivity index (χ0n) is 9.14. The highest BCUT2D eigenvalue weighted by Crippen LogP contribution is 2.46. The van der Waals surface area contributed by atoms with Crippen molar-refractivity contribution >= 4 is 0 Å². The smallest absolute Gasteiger partial charge is 0.0944 e. The second-order valence-corrected chi connectivity index (χ2v) is 4.62. The molecule has 2 unspecified atom stereocenters. The Morgan fingerprint density at radius 3 is 2.93 bits per heavy atom. The molecule has 0 bridgehead atoms. The van der Waals surface area contributed by atoms with E-state index in [1.54, 1.807) is 0 Å². The van der Waals surface area contributed by atoms with Gasteiger partial charge in [-0.2, -0.15) is 0 Å². The lowest BCUT2D eigenvalue weighted by molar-refractivity contribution is 0.196.